The van der Waals surface area contributed by atoms with E-state index >= 15 is 0 Å². The average molecular weight is 212 g/mol. The van der Waals surface area contributed by atoms with Gasteiger partial charge < -0.3 is 10.2 Å². The number of halogens is 1. The number of anilines is 1. The molecule has 0 unspecified atom stereocenters. The summed E-state index contributed by atoms with van der Waals surface area (Å²) >= 11 is 3.33. The van der Waals surface area contributed by atoms with Gasteiger partial charge in [0.15, 0.2) is 0 Å². The Balaban J connectivity index is 2.91. The van der Waals surface area contributed by atoms with Crippen LogP contribution in [-0.2, 0) is 0 Å². The van der Waals surface area contributed by atoms with Gasteiger partial charge in [-0.05, 0) is 18.2 Å². The molecule has 1 aromatic heterocycles. The maximum absolute atomic E-state index is 5.71. The van der Waals surface area contributed by atoms with Crippen molar-refractivity contribution < 1.29 is 4.42 Å². The molecule has 1 heterocycles. The first-order valence-electron chi connectivity index (χ1n) is 3.19. The van der Waals surface area contributed by atoms with E-state index in [0.29, 0.717) is 0 Å². The van der Waals surface area contributed by atoms with Gasteiger partial charge in [-0.1, -0.05) is 15.9 Å². The molecular weight excluding hydrogens is 206 g/mol. The molecule has 2 aromatic rings. The van der Waals surface area contributed by atoms with E-state index < -0.39 is 0 Å². The van der Waals surface area contributed by atoms with Crippen LogP contribution in [0.25, 0.3) is 11.0 Å². The number of hydrogen-bond acceptors (Lipinski definition) is 2. The first-order chi connectivity index (χ1) is 5.27. The molecule has 1 aromatic carbocycles. The summed E-state index contributed by atoms with van der Waals surface area (Å²) in [6, 6.07) is 5.61. The zero-order chi connectivity index (χ0) is 7.84. The minimum Gasteiger partial charge on any atom is -0.464 e. The van der Waals surface area contributed by atoms with Crippen molar-refractivity contribution in [2.45, 2.75) is 0 Å². The highest BCUT2D eigenvalue weighted by molar-refractivity contribution is 9.10. The van der Waals surface area contributed by atoms with Crippen LogP contribution in [0.15, 0.2) is 33.4 Å². The summed E-state index contributed by atoms with van der Waals surface area (Å²) in [5, 5.41) is 0.966. The number of rotatable bonds is 0. The molecule has 0 aliphatic rings. The maximum Gasteiger partial charge on any atom is 0.137 e. The molecule has 0 aliphatic heterocycles. The zero-order valence-electron chi connectivity index (χ0n) is 5.67. The van der Waals surface area contributed by atoms with Crippen molar-refractivity contribution in [1.82, 2.24) is 0 Å². The highest BCUT2D eigenvalue weighted by Gasteiger charge is 2.01. The van der Waals surface area contributed by atoms with Crippen LogP contribution in [0, 0.1) is 0 Å². The molecule has 2 nitrogen and oxygen atoms in total. The number of furan rings is 1. The Bertz CT molecular complexity index is 394. The molecule has 0 spiro atoms. The fourth-order valence-electron chi connectivity index (χ4n) is 1.06. The van der Waals surface area contributed by atoms with Crippen LogP contribution in [0.3, 0.4) is 0 Å². The van der Waals surface area contributed by atoms with E-state index in [9.17, 15) is 0 Å². The topological polar surface area (TPSA) is 39.2 Å². The third-order valence-corrected chi connectivity index (χ3v) is 2.03. The Morgan fingerprint density at radius 3 is 3.00 bits per heavy atom. The van der Waals surface area contributed by atoms with Gasteiger partial charge in [0, 0.05) is 15.5 Å². The van der Waals surface area contributed by atoms with Crippen LogP contribution >= 0.6 is 15.9 Å². The predicted molar refractivity (Wildman–Crippen MR) is 48.3 cm³/mol. The van der Waals surface area contributed by atoms with Gasteiger partial charge in [-0.2, -0.15) is 0 Å². The maximum atomic E-state index is 5.71. The van der Waals surface area contributed by atoms with Crippen molar-refractivity contribution in [3.8, 4) is 0 Å². The van der Waals surface area contributed by atoms with E-state index in [2.05, 4.69) is 15.9 Å². The van der Waals surface area contributed by atoms with Gasteiger partial charge in [0.1, 0.15) is 5.58 Å². The lowest BCUT2D eigenvalue weighted by Gasteiger charge is -1.95. The van der Waals surface area contributed by atoms with Crippen LogP contribution in [0.2, 0.25) is 0 Å². The lowest BCUT2D eigenvalue weighted by Crippen LogP contribution is -1.83. The highest BCUT2D eigenvalue weighted by atomic mass is 79.9. The number of nitrogen functional groups attached to an aromatic ring is 1. The molecule has 0 bridgehead atoms. The summed E-state index contributed by atoms with van der Waals surface area (Å²) in [5.41, 5.74) is 7.27. The number of nitrogens with two attached hydrogens (primary N) is 1. The molecule has 3 heteroatoms. The van der Waals surface area contributed by atoms with Gasteiger partial charge in [-0.15, -0.1) is 0 Å². The second kappa shape index (κ2) is 2.27. The third-order valence-electron chi connectivity index (χ3n) is 1.57. The summed E-state index contributed by atoms with van der Waals surface area (Å²) in [4.78, 5) is 0. The van der Waals surface area contributed by atoms with Gasteiger partial charge in [0.05, 0.1) is 6.26 Å². The Kier molecular flexibility index (Phi) is 1.39. The molecule has 0 amide bonds. The Morgan fingerprint density at radius 1 is 1.36 bits per heavy atom. The second-order valence-corrected chi connectivity index (χ2v) is 3.24. The Morgan fingerprint density at radius 2 is 2.18 bits per heavy atom. The summed E-state index contributed by atoms with van der Waals surface area (Å²) in [5.74, 6) is 0. The molecular formula is C8H6BrNO. The number of hydrogen-bond donors (Lipinski definition) is 1. The fourth-order valence-corrected chi connectivity index (χ4v) is 1.52. The van der Waals surface area contributed by atoms with E-state index in [1.807, 2.05) is 18.2 Å². The Labute approximate surface area is 72.1 Å². The van der Waals surface area contributed by atoms with Gasteiger partial charge in [-0.25, -0.2) is 0 Å². The van der Waals surface area contributed by atoms with Crippen molar-refractivity contribution in [3.63, 3.8) is 0 Å². The molecule has 0 radical (unpaired) electrons. The molecule has 0 saturated carbocycles. The second-order valence-electron chi connectivity index (χ2n) is 2.33. The SMILES string of the molecule is Nc1cc(Br)cc2occc12. The van der Waals surface area contributed by atoms with Crippen molar-refractivity contribution in [1.29, 1.82) is 0 Å². The molecule has 0 aliphatic carbocycles. The molecule has 11 heavy (non-hydrogen) atoms. The summed E-state index contributed by atoms with van der Waals surface area (Å²) in [6.45, 7) is 0. The fraction of sp³-hybridized carbons (Fsp3) is 0. The molecule has 2 rings (SSSR count). The summed E-state index contributed by atoms with van der Waals surface area (Å²) in [6.07, 6.45) is 1.63. The van der Waals surface area contributed by atoms with Gasteiger partial charge in [-0.3, -0.25) is 0 Å². The predicted octanol–water partition coefficient (Wildman–Crippen LogP) is 2.78. The Hall–Kier alpha value is -0.960. The van der Waals surface area contributed by atoms with Crippen LogP contribution in [-0.4, -0.2) is 0 Å². The van der Waals surface area contributed by atoms with Crippen LogP contribution in [0.4, 0.5) is 5.69 Å². The number of benzene rings is 1. The highest BCUT2D eigenvalue weighted by Crippen LogP contribution is 2.26. The summed E-state index contributed by atoms with van der Waals surface area (Å²) < 4.78 is 6.11. The number of fused-ring (bicyclic) bond motifs is 1. The van der Waals surface area contributed by atoms with Crippen molar-refractivity contribution >= 4 is 32.6 Å². The summed E-state index contributed by atoms with van der Waals surface area (Å²) in [7, 11) is 0. The minimum absolute atomic E-state index is 0.739. The standard InChI is InChI=1S/C8H6BrNO/c9-5-3-7(10)6-1-2-11-8(6)4-5/h1-4H,10H2. The largest absolute Gasteiger partial charge is 0.464 e. The van der Waals surface area contributed by atoms with Gasteiger partial charge >= 0.3 is 0 Å². The monoisotopic (exact) mass is 211 g/mol. The third kappa shape index (κ3) is 1.01. The first kappa shape index (κ1) is 6.73. The van der Waals surface area contributed by atoms with E-state index in [0.717, 1.165) is 21.1 Å². The van der Waals surface area contributed by atoms with E-state index in [-0.39, 0.29) is 0 Å². The minimum atomic E-state index is 0.739. The molecule has 56 valence electrons. The van der Waals surface area contributed by atoms with Gasteiger partial charge in [0.2, 0.25) is 0 Å². The zero-order valence-corrected chi connectivity index (χ0v) is 7.26. The van der Waals surface area contributed by atoms with E-state index in [1.165, 1.54) is 0 Å². The quantitative estimate of drug-likeness (QED) is 0.682. The lowest BCUT2D eigenvalue weighted by molar-refractivity contribution is 0.615. The van der Waals surface area contributed by atoms with Crippen molar-refractivity contribution in [3.05, 3.63) is 28.9 Å². The van der Waals surface area contributed by atoms with Crippen molar-refractivity contribution in [2.24, 2.45) is 0 Å². The molecule has 0 atom stereocenters. The van der Waals surface area contributed by atoms with Crippen molar-refractivity contribution in [2.75, 3.05) is 5.73 Å². The smallest absolute Gasteiger partial charge is 0.137 e. The lowest BCUT2D eigenvalue weighted by atomic mass is 10.2. The van der Waals surface area contributed by atoms with Crippen LogP contribution < -0.4 is 5.73 Å². The normalized spacial score (nSPS) is 10.6. The molecule has 2 N–H and O–H groups in total. The van der Waals surface area contributed by atoms with Crippen LogP contribution in [0.1, 0.15) is 0 Å². The van der Waals surface area contributed by atoms with E-state index in [1.54, 1.807) is 6.26 Å². The molecule has 0 fully saturated rings. The van der Waals surface area contributed by atoms with Crippen LogP contribution in [0.5, 0.6) is 0 Å². The first-order valence-corrected chi connectivity index (χ1v) is 3.99. The van der Waals surface area contributed by atoms with E-state index in [4.69, 9.17) is 10.2 Å². The average Bonchev–Trinajstić information content (AvgIpc) is 2.34. The molecule has 0 saturated heterocycles. The van der Waals surface area contributed by atoms with Gasteiger partial charge in [0.25, 0.3) is 0 Å².